The van der Waals surface area contributed by atoms with Gasteiger partial charge in [-0.2, -0.15) is 0 Å². The summed E-state index contributed by atoms with van der Waals surface area (Å²) in [5, 5.41) is 35.8. The van der Waals surface area contributed by atoms with Crippen molar-refractivity contribution in [2.75, 3.05) is 0 Å². The second-order valence-electron chi connectivity index (χ2n) is 3.66. The summed E-state index contributed by atoms with van der Waals surface area (Å²) in [4.78, 5) is 21.3. The standard InChI is InChI=1S/C10H18O7/c1-2-7(11)10(15,16)17-9(14)6-4-3-5-8(12)13/h7,11,15-16H,2-6H2,1H3,(H,12,13). The van der Waals surface area contributed by atoms with Crippen LogP contribution in [-0.4, -0.2) is 44.4 Å². The molecule has 0 aromatic heterocycles. The van der Waals surface area contributed by atoms with Crippen molar-refractivity contribution in [3.8, 4) is 0 Å². The molecule has 7 heteroatoms. The summed E-state index contributed by atoms with van der Waals surface area (Å²) in [7, 11) is 0. The number of ether oxygens (including phenoxy) is 1. The second-order valence-corrected chi connectivity index (χ2v) is 3.66. The van der Waals surface area contributed by atoms with Crippen molar-refractivity contribution >= 4 is 11.9 Å². The van der Waals surface area contributed by atoms with Gasteiger partial charge in [0, 0.05) is 12.8 Å². The molecule has 1 atom stereocenters. The highest BCUT2D eigenvalue weighted by Gasteiger charge is 2.36. The lowest BCUT2D eigenvalue weighted by atomic mass is 10.2. The first-order valence-corrected chi connectivity index (χ1v) is 5.36. The lowest BCUT2D eigenvalue weighted by Crippen LogP contribution is -2.46. The van der Waals surface area contributed by atoms with E-state index >= 15 is 0 Å². The molecule has 0 spiro atoms. The van der Waals surface area contributed by atoms with E-state index in [0.29, 0.717) is 6.42 Å². The zero-order valence-corrected chi connectivity index (χ0v) is 9.63. The summed E-state index contributed by atoms with van der Waals surface area (Å²) in [5.74, 6) is -4.75. The van der Waals surface area contributed by atoms with Crippen molar-refractivity contribution < 1.29 is 34.8 Å². The van der Waals surface area contributed by atoms with E-state index in [1.807, 2.05) is 0 Å². The van der Waals surface area contributed by atoms with Gasteiger partial charge in [-0.05, 0) is 19.3 Å². The first-order chi connectivity index (χ1) is 7.79. The van der Waals surface area contributed by atoms with Gasteiger partial charge < -0.3 is 25.2 Å². The maximum atomic E-state index is 11.1. The molecule has 1 unspecified atom stereocenters. The van der Waals surface area contributed by atoms with E-state index in [1.165, 1.54) is 6.92 Å². The largest absolute Gasteiger partial charge is 0.481 e. The van der Waals surface area contributed by atoms with E-state index in [2.05, 4.69) is 4.74 Å². The van der Waals surface area contributed by atoms with E-state index < -0.39 is 24.0 Å². The summed E-state index contributed by atoms with van der Waals surface area (Å²) in [6.07, 6.45) is -1.20. The van der Waals surface area contributed by atoms with E-state index in [0.717, 1.165) is 0 Å². The molecule has 0 saturated heterocycles. The third-order valence-electron chi connectivity index (χ3n) is 2.11. The lowest BCUT2D eigenvalue weighted by molar-refractivity contribution is -0.358. The third kappa shape index (κ3) is 6.88. The van der Waals surface area contributed by atoms with Gasteiger partial charge in [0.25, 0.3) is 0 Å². The average molecular weight is 250 g/mol. The van der Waals surface area contributed by atoms with Gasteiger partial charge in [0.15, 0.2) is 0 Å². The number of carbonyl (C=O) groups is 2. The zero-order chi connectivity index (χ0) is 13.5. The van der Waals surface area contributed by atoms with Crippen LogP contribution in [0.1, 0.15) is 39.0 Å². The minimum absolute atomic E-state index is 0.0132. The highest BCUT2D eigenvalue weighted by molar-refractivity contribution is 5.70. The Bertz CT molecular complexity index is 261. The number of aliphatic carboxylic acids is 1. The van der Waals surface area contributed by atoms with Crippen LogP contribution >= 0.6 is 0 Å². The Kier molecular flexibility index (Phi) is 6.71. The maximum absolute atomic E-state index is 11.1. The molecule has 0 rings (SSSR count). The molecule has 0 aromatic rings. The lowest BCUT2D eigenvalue weighted by Gasteiger charge is -2.25. The molecule has 0 aromatic carbocycles. The zero-order valence-electron chi connectivity index (χ0n) is 9.63. The van der Waals surface area contributed by atoms with Crippen molar-refractivity contribution in [2.45, 2.75) is 51.1 Å². The summed E-state index contributed by atoms with van der Waals surface area (Å²) in [5.41, 5.74) is 0. The molecule has 4 N–H and O–H groups in total. The summed E-state index contributed by atoms with van der Waals surface area (Å²) >= 11 is 0. The fourth-order valence-electron chi connectivity index (χ4n) is 1.10. The molecule has 0 heterocycles. The second kappa shape index (κ2) is 7.21. The third-order valence-corrected chi connectivity index (χ3v) is 2.11. The van der Waals surface area contributed by atoms with Gasteiger partial charge in [0.2, 0.25) is 0 Å². The molecule has 0 fully saturated rings. The Labute approximate surface area is 98.6 Å². The molecule has 0 amide bonds. The highest BCUT2D eigenvalue weighted by Crippen LogP contribution is 2.14. The van der Waals surface area contributed by atoms with Crippen molar-refractivity contribution in [2.24, 2.45) is 0 Å². The summed E-state index contributed by atoms with van der Waals surface area (Å²) in [6.45, 7) is 1.49. The maximum Gasteiger partial charge on any atom is 0.351 e. The van der Waals surface area contributed by atoms with Crippen LogP contribution in [0, 0.1) is 0 Å². The molecule has 17 heavy (non-hydrogen) atoms. The van der Waals surface area contributed by atoms with E-state index in [-0.39, 0.29) is 25.7 Å². The Morgan fingerprint density at radius 3 is 2.24 bits per heavy atom. The van der Waals surface area contributed by atoms with Crippen LogP contribution < -0.4 is 0 Å². The van der Waals surface area contributed by atoms with Gasteiger partial charge in [-0.3, -0.25) is 9.59 Å². The molecule has 0 bridgehead atoms. The van der Waals surface area contributed by atoms with Crippen LogP contribution in [0.15, 0.2) is 0 Å². The molecular formula is C10H18O7. The van der Waals surface area contributed by atoms with Crippen LogP contribution in [-0.2, 0) is 14.3 Å². The molecular weight excluding hydrogens is 232 g/mol. The molecule has 7 nitrogen and oxygen atoms in total. The minimum Gasteiger partial charge on any atom is -0.481 e. The molecule has 0 aliphatic rings. The van der Waals surface area contributed by atoms with Gasteiger partial charge in [0.05, 0.1) is 0 Å². The van der Waals surface area contributed by atoms with Gasteiger partial charge in [0.1, 0.15) is 6.10 Å². The Hall–Kier alpha value is -1.18. The molecule has 0 saturated carbocycles. The predicted octanol–water partition coefficient (Wildman–Crippen LogP) is -0.416. The van der Waals surface area contributed by atoms with Crippen LogP contribution in [0.4, 0.5) is 0 Å². The van der Waals surface area contributed by atoms with Gasteiger partial charge in [-0.15, -0.1) is 0 Å². The number of hydrogen-bond acceptors (Lipinski definition) is 6. The van der Waals surface area contributed by atoms with Crippen LogP contribution in [0.3, 0.4) is 0 Å². The van der Waals surface area contributed by atoms with Crippen LogP contribution in [0.5, 0.6) is 0 Å². The highest BCUT2D eigenvalue weighted by atomic mass is 16.8. The molecule has 0 aliphatic heterocycles. The normalized spacial score (nSPS) is 13.2. The Morgan fingerprint density at radius 2 is 1.76 bits per heavy atom. The molecule has 100 valence electrons. The summed E-state index contributed by atoms with van der Waals surface area (Å²) < 4.78 is 4.27. The van der Waals surface area contributed by atoms with Crippen LogP contribution in [0.2, 0.25) is 0 Å². The van der Waals surface area contributed by atoms with Gasteiger partial charge >= 0.3 is 17.9 Å². The fourth-order valence-corrected chi connectivity index (χ4v) is 1.10. The molecule has 0 aliphatic carbocycles. The monoisotopic (exact) mass is 250 g/mol. The first kappa shape index (κ1) is 15.8. The summed E-state index contributed by atoms with van der Waals surface area (Å²) in [6, 6.07) is 0. The number of aliphatic hydroxyl groups excluding tert-OH is 1. The number of esters is 1. The number of unbranched alkanes of at least 4 members (excludes halogenated alkanes) is 1. The minimum atomic E-state index is -2.89. The van der Waals surface area contributed by atoms with Crippen LogP contribution in [0.25, 0.3) is 0 Å². The van der Waals surface area contributed by atoms with Crippen molar-refractivity contribution in [3.05, 3.63) is 0 Å². The number of carboxylic acid groups (broad SMARTS) is 1. The first-order valence-electron chi connectivity index (χ1n) is 5.36. The Morgan fingerprint density at radius 1 is 1.24 bits per heavy atom. The average Bonchev–Trinajstić information content (AvgIpc) is 2.22. The number of hydrogen-bond donors (Lipinski definition) is 4. The quantitative estimate of drug-likeness (QED) is 0.262. The number of rotatable bonds is 8. The molecule has 0 radical (unpaired) electrons. The van der Waals surface area contributed by atoms with E-state index in [4.69, 9.17) is 20.4 Å². The number of carbonyl (C=O) groups excluding carboxylic acids is 1. The van der Waals surface area contributed by atoms with E-state index in [1.54, 1.807) is 0 Å². The van der Waals surface area contributed by atoms with E-state index in [9.17, 15) is 9.59 Å². The predicted molar refractivity (Wildman–Crippen MR) is 55.7 cm³/mol. The van der Waals surface area contributed by atoms with Gasteiger partial charge in [-0.1, -0.05) is 6.92 Å². The Balaban J connectivity index is 3.89. The number of aliphatic hydroxyl groups is 3. The topological polar surface area (TPSA) is 124 Å². The SMILES string of the molecule is CCC(O)C(O)(O)OC(=O)CCCCC(=O)O. The van der Waals surface area contributed by atoms with Crippen molar-refractivity contribution in [1.82, 2.24) is 0 Å². The van der Waals surface area contributed by atoms with Crippen molar-refractivity contribution in [1.29, 1.82) is 0 Å². The number of carboxylic acids is 1. The fraction of sp³-hybridized carbons (Fsp3) is 0.800. The smallest absolute Gasteiger partial charge is 0.351 e. The van der Waals surface area contributed by atoms with Crippen molar-refractivity contribution in [3.63, 3.8) is 0 Å². The van der Waals surface area contributed by atoms with Gasteiger partial charge in [-0.25, -0.2) is 0 Å².